The van der Waals surface area contributed by atoms with E-state index in [1.165, 1.54) is 0 Å². The number of aliphatic hydroxyl groups is 1. The molecule has 0 amide bonds. The molecule has 9 heteroatoms. The van der Waals surface area contributed by atoms with Gasteiger partial charge in [-0.3, -0.25) is 9.59 Å². The first-order chi connectivity index (χ1) is 23.0. The average molecular weight is 694 g/mol. The molecule has 266 valence electrons. The van der Waals surface area contributed by atoms with E-state index < -0.39 is 18.1 Å². The molecular weight excluding hydrogens is 642 g/mol. The standard InChI is InChI=1S/C40H51NO7.ClH/c1-24(2)17-29(22-35(43)38(44)33(41)20-26-11-9-8-10-12-26)34(42)21-27-13-15-30-32(23-37(46-5)40(48-7)39(30)47-6)31(19-27)28-14-16-36(45-4)25(3)18-28;/h8-12,14,16,18-19,23-24,27,29,33,38,44H,13,15,17,20-22,41H2,1-7H3;1H/t27-,29?,33?,38?;/m1./s1. The molecule has 3 aromatic rings. The molecule has 0 aromatic heterocycles. The third-order valence-corrected chi connectivity index (χ3v) is 9.34. The fraction of sp³-hybridized carbons (Fsp3) is 0.450. The lowest BCUT2D eigenvalue weighted by Gasteiger charge is -2.22. The Bertz CT molecular complexity index is 1600. The second-order valence-electron chi connectivity index (χ2n) is 13.3. The average Bonchev–Trinajstić information content (AvgIpc) is 3.25. The molecule has 4 atom stereocenters. The molecule has 0 fully saturated rings. The third kappa shape index (κ3) is 9.65. The Morgan fingerprint density at radius 1 is 0.898 bits per heavy atom. The number of carbonyl (C=O) groups is 2. The van der Waals surface area contributed by atoms with Crippen molar-refractivity contribution in [1.29, 1.82) is 0 Å². The predicted octanol–water partition coefficient (Wildman–Crippen LogP) is 2.82. The van der Waals surface area contributed by atoms with Gasteiger partial charge in [0.15, 0.2) is 23.4 Å². The summed E-state index contributed by atoms with van der Waals surface area (Å²) in [4.78, 5) is 27.5. The normalized spacial score (nSPS) is 15.9. The zero-order valence-electron chi connectivity index (χ0n) is 29.9. The fourth-order valence-electron chi connectivity index (χ4n) is 6.88. The first-order valence-corrected chi connectivity index (χ1v) is 16.8. The summed E-state index contributed by atoms with van der Waals surface area (Å²) in [5.41, 5.74) is 9.99. The van der Waals surface area contributed by atoms with Crippen LogP contribution in [0.4, 0.5) is 0 Å². The highest BCUT2D eigenvalue weighted by atomic mass is 35.5. The molecule has 0 aliphatic heterocycles. The number of allylic oxidation sites excluding steroid dienone is 1. The van der Waals surface area contributed by atoms with Crippen molar-refractivity contribution in [2.24, 2.45) is 17.8 Å². The summed E-state index contributed by atoms with van der Waals surface area (Å²) in [6.45, 7) is 6.12. The van der Waals surface area contributed by atoms with Crippen molar-refractivity contribution >= 4 is 17.1 Å². The van der Waals surface area contributed by atoms with Crippen LogP contribution in [-0.2, 0) is 22.4 Å². The summed E-state index contributed by atoms with van der Waals surface area (Å²) >= 11 is 0. The number of halogens is 1. The number of ether oxygens (including phenoxy) is 4. The van der Waals surface area contributed by atoms with Gasteiger partial charge in [0.2, 0.25) is 5.75 Å². The van der Waals surface area contributed by atoms with Gasteiger partial charge >= 0.3 is 0 Å². The van der Waals surface area contributed by atoms with Crippen LogP contribution in [0.1, 0.15) is 67.3 Å². The Labute approximate surface area is 297 Å². The SMILES string of the molecule is COc1ccc(C2=C[C@H](CC(=O)C(CC(=O)C(O)C([NH3+])Cc3ccccc3)CC(C)C)CCc3c2cc(OC)c(OC)c3OC)cc1C.[Cl-]. The molecule has 0 saturated carbocycles. The molecular formula is C40H52ClNO7. The van der Waals surface area contributed by atoms with E-state index in [1.807, 2.05) is 55.5 Å². The van der Waals surface area contributed by atoms with E-state index in [4.69, 9.17) is 18.9 Å². The van der Waals surface area contributed by atoms with E-state index in [0.29, 0.717) is 42.9 Å². The number of ketones is 2. The van der Waals surface area contributed by atoms with Crippen LogP contribution >= 0.6 is 0 Å². The van der Waals surface area contributed by atoms with Crippen LogP contribution in [0.15, 0.2) is 60.7 Å². The third-order valence-electron chi connectivity index (χ3n) is 9.34. The molecule has 0 heterocycles. The number of quaternary nitrogens is 1. The zero-order chi connectivity index (χ0) is 35.0. The monoisotopic (exact) mass is 693 g/mol. The zero-order valence-corrected chi connectivity index (χ0v) is 30.6. The number of hydrogen-bond acceptors (Lipinski definition) is 7. The van der Waals surface area contributed by atoms with Gasteiger partial charge in [-0.05, 0) is 84.0 Å². The Hall–Kier alpha value is -3.85. The van der Waals surface area contributed by atoms with Gasteiger partial charge in [0.05, 0.1) is 28.4 Å². The van der Waals surface area contributed by atoms with E-state index in [9.17, 15) is 14.7 Å². The summed E-state index contributed by atoms with van der Waals surface area (Å²) < 4.78 is 22.9. The van der Waals surface area contributed by atoms with Crippen LogP contribution in [-0.4, -0.2) is 57.3 Å². The minimum atomic E-state index is -1.23. The maximum atomic E-state index is 14.1. The van der Waals surface area contributed by atoms with E-state index in [1.54, 1.807) is 28.4 Å². The van der Waals surface area contributed by atoms with Gasteiger partial charge < -0.3 is 42.2 Å². The van der Waals surface area contributed by atoms with Crippen LogP contribution in [0.5, 0.6) is 23.0 Å². The van der Waals surface area contributed by atoms with E-state index in [2.05, 4.69) is 31.7 Å². The van der Waals surface area contributed by atoms with Crippen LogP contribution in [0.3, 0.4) is 0 Å². The van der Waals surface area contributed by atoms with Gasteiger partial charge in [0.1, 0.15) is 17.6 Å². The van der Waals surface area contributed by atoms with Crippen molar-refractivity contribution in [2.75, 3.05) is 28.4 Å². The minimum absolute atomic E-state index is 0. The molecule has 3 unspecified atom stereocenters. The number of aliphatic hydroxyl groups excluding tert-OH is 1. The molecule has 0 saturated heterocycles. The lowest BCUT2D eigenvalue weighted by molar-refractivity contribution is -0.432. The van der Waals surface area contributed by atoms with Crippen molar-refractivity contribution in [1.82, 2.24) is 0 Å². The second-order valence-corrected chi connectivity index (χ2v) is 13.3. The molecule has 0 bridgehead atoms. The van der Waals surface area contributed by atoms with Gasteiger partial charge in [-0.25, -0.2) is 0 Å². The highest BCUT2D eigenvalue weighted by Crippen LogP contribution is 2.48. The summed E-state index contributed by atoms with van der Waals surface area (Å²) in [5.74, 6) is 1.83. The molecule has 1 aliphatic rings. The fourth-order valence-corrected chi connectivity index (χ4v) is 6.88. The van der Waals surface area contributed by atoms with Crippen molar-refractivity contribution in [3.63, 3.8) is 0 Å². The molecule has 8 nitrogen and oxygen atoms in total. The molecule has 0 radical (unpaired) electrons. The highest BCUT2D eigenvalue weighted by Gasteiger charge is 2.33. The first-order valence-electron chi connectivity index (χ1n) is 16.8. The van der Waals surface area contributed by atoms with Crippen LogP contribution in [0.25, 0.3) is 5.57 Å². The first kappa shape index (κ1) is 39.6. The number of fused-ring (bicyclic) bond motifs is 1. The number of carbonyl (C=O) groups excluding carboxylic acids is 2. The Morgan fingerprint density at radius 2 is 1.57 bits per heavy atom. The van der Waals surface area contributed by atoms with Gasteiger partial charge in [-0.2, -0.15) is 0 Å². The van der Waals surface area contributed by atoms with E-state index >= 15 is 0 Å². The lowest BCUT2D eigenvalue weighted by atomic mass is 9.82. The topological polar surface area (TPSA) is 119 Å². The predicted molar refractivity (Wildman–Crippen MR) is 188 cm³/mol. The van der Waals surface area contributed by atoms with Gasteiger partial charge in [-0.1, -0.05) is 56.3 Å². The van der Waals surface area contributed by atoms with Crippen molar-refractivity contribution in [3.8, 4) is 23.0 Å². The number of rotatable bonds is 16. The maximum Gasteiger partial charge on any atom is 0.203 e. The number of Topliss-reactive ketones (excluding diaryl/α,β-unsaturated/α-hetero) is 2. The molecule has 49 heavy (non-hydrogen) atoms. The number of aryl methyl sites for hydroxylation is 1. The van der Waals surface area contributed by atoms with Crippen molar-refractivity contribution in [3.05, 3.63) is 88.5 Å². The van der Waals surface area contributed by atoms with Gasteiger partial charge in [0, 0.05) is 30.7 Å². The Kier molecular flexibility index (Phi) is 14.7. The van der Waals surface area contributed by atoms with Gasteiger partial charge in [-0.15, -0.1) is 0 Å². The summed E-state index contributed by atoms with van der Waals surface area (Å²) in [6.07, 6.45) is 3.64. The lowest BCUT2D eigenvalue weighted by Crippen LogP contribution is -3.00. The van der Waals surface area contributed by atoms with Crippen LogP contribution in [0, 0.1) is 24.7 Å². The molecule has 4 N–H and O–H groups in total. The smallest absolute Gasteiger partial charge is 0.203 e. The molecule has 1 aliphatic carbocycles. The number of hydrogen-bond donors (Lipinski definition) is 2. The number of methoxy groups -OCH3 is 4. The van der Waals surface area contributed by atoms with Crippen LogP contribution in [0.2, 0.25) is 0 Å². The van der Waals surface area contributed by atoms with Crippen molar-refractivity contribution < 1.29 is 51.8 Å². The largest absolute Gasteiger partial charge is 1.00 e. The van der Waals surface area contributed by atoms with E-state index in [0.717, 1.165) is 39.1 Å². The summed E-state index contributed by atoms with van der Waals surface area (Å²) in [5, 5.41) is 11.0. The van der Waals surface area contributed by atoms with Gasteiger partial charge in [0.25, 0.3) is 0 Å². The Morgan fingerprint density at radius 3 is 2.16 bits per heavy atom. The second kappa shape index (κ2) is 18.2. The summed E-state index contributed by atoms with van der Waals surface area (Å²) in [6, 6.07) is 17.3. The Balaban J connectivity index is 0.00000650. The number of benzene rings is 3. The quantitative estimate of drug-likeness (QED) is 0.237. The maximum absolute atomic E-state index is 14.1. The van der Waals surface area contributed by atoms with Crippen molar-refractivity contribution in [2.45, 2.75) is 71.4 Å². The molecule has 3 aromatic carbocycles. The highest BCUT2D eigenvalue weighted by molar-refractivity contribution is 5.91. The molecule has 4 rings (SSSR count). The van der Waals surface area contributed by atoms with Crippen LogP contribution < -0.4 is 37.1 Å². The molecule has 0 spiro atoms. The van der Waals surface area contributed by atoms with E-state index in [-0.39, 0.29) is 48.7 Å². The summed E-state index contributed by atoms with van der Waals surface area (Å²) in [7, 11) is 6.49. The minimum Gasteiger partial charge on any atom is -1.00 e.